The zero-order valence-electron chi connectivity index (χ0n) is 8.92. The van der Waals surface area contributed by atoms with Crippen molar-refractivity contribution >= 4 is 15.9 Å². The molecule has 0 bridgehead atoms. The van der Waals surface area contributed by atoms with Crippen LogP contribution in [0, 0.1) is 6.92 Å². The van der Waals surface area contributed by atoms with Crippen molar-refractivity contribution < 1.29 is 4.74 Å². The van der Waals surface area contributed by atoms with Gasteiger partial charge in [-0.05, 0) is 30.5 Å². The Bertz CT molecular complexity index is 334. The van der Waals surface area contributed by atoms with E-state index >= 15 is 0 Å². The molecule has 2 rings (SSSR count). The molecule has 1 unspecified atom stereocenters. The van der Waals surface area contributed by atoms with Crippen LogP contribution in [0.2, 0.25) is 0 Å². The first kappa shape index (κ1) is 11.1. The van der Waals surface area contributed by atoms with E-state index in [0.29, 0.717) is 6.04 Å². The van der Waals surface area contributed by atoms with Gasteiger partial charge >= 0.3 is 0 Å². The summed E-state index contributed by atoms with van der Waals surface area (Å²) in [5.41, 5.74) is 2.60. The van der Waals surface area contributed by atoms with Gasteiger partial charge in [0, 0.05) is 23.7 Å². The van der Waals surface area contributed by atoms with Crippen molar-refractivity contribution in [3.05, 3.63) is 33.8 Å². The minimum absolute atomic E-state index is 0.526. The molecule has 1 aromatic carbocycles. The van der Waals surface area contributed by atoms with Crippen LogP contribution in [-0.2, 0) is 11.3 Å². The van der Waals surface area contributed by atoms with Gasteiger partial charge in [-0.3, -0.25) is 0 Å². The summed E-state index contributed by atoms with van der Waals surface area (Å²) >= 11 is 3.59. The Morgan fingerprint density at radius 3 is 3.07 bits per heavy atom. The fourth-order valence-electron chi connectivity index (χ4n) is 1.75. The third-order valence-electron chi connectivity index (χ3n) is 2.72. The van der Waals surface area contributed by atoms with Crippen molar-refractivity contribution in [2.24, 2.45) is 0 Å². The third kappa shape index (κ3) is 3.03. The lowest BCUT2D eigenvalue weighted by Gasteiger charge is -2.11. The molecule has 1 fully saturated rings. The predicted octanol–water partition coefficient (Wildman–Crippen LogP) is 2.64. The van der Waals surface area contributed by atoms with Crippen LogP contribution in [0.15, 0.2) is 22.7 Å². The van der Waals surface area contributed by atoms with Crippen molar-refractivity contribution in [3.8, 4) is 0 Å². The summed E-state index contributed by atoms with van der Waals surface area (Å²) < 4.78 is 6.51. The van der Waals surface area contributed by atoms with E-state index in [2.05, 4.69) is 46.4 Å². The molecule has 1 aliphatic rings. The topological polar surface area (TPSA) is 21.3 Å². The van der Waals surface area contributed by atoms with E-state index in [4.69, 9.17) is 4.74 Å². The fourth-order valence-corrected chi connectivity index (χ4v) is 2.38. The van der Waals surface area contributed by atoms with Gasteiger partial charge in [-0.15, -0.1) is 0 Å². The molecule has 0 radical (unpaired) electrons. The average Bonchev–Trinajstić information content (AvgIpc) is 2.69. The first-order chi connectivity index (χ1) is 7.25. The monoisotopic (exact) mass is 269 g/mol. The van der Waals surface area contributed by atoms with Gasteiger partial charge in [-0.25, -0.2) is 0 Å². The normalized spacial score (nSPS) is 20.8. The number of rotatable bonds is 3. The number of nitrogens with one attached hydrogen (secondary N) is 1. The van der Waals surface area contributed by atoms with E-state index in [0.717, 1.165) is 26.2 Å². The summed E-state index contributed by atoms with van der Waals surface area (Å²) in [4.78, 5) is 0. The first-order valence-electron chi connectivity index (χ1n) is 5.32. The summed E-state index contributed by atoms with van der Waals surface area (Å²) in [6.07, 6.45) is 1.13. The van der Waals surface area contributed by atoms with E-state index in [1.165, 1.54) is 15.6 Å². The van der Waals surface area contributed by atoms with Gasteiger partial charge in [0.2, 0.25) is 0 Å². The van der Waals surface area contributed by atoms with Gasteiger partial charge in [0.05, 0.1) is 6.61 Å². The molecule has 3 heteroatoms. The minimum atomic E-state index is 0.526. The van der Waals surface area contributed by atoms with Crippen LogP contribution in [0.5, 0.6) is 0 Å². The molecular formula is C12H16BrNO. The van der Waals surface area contributed by atoms with Gasteiger partial charge in [0.25, 0.3) is 0 Å². The van der Waals surface area contributed by atoms with Gasteiger partial charge in [-0.2, -0.15) is 0 Å². The van der Waals surface area contributed by atoms with Gasteiger partial charge < -0.3 is 10.1 Å². The highest BCUT2D eigenvalue weighted by Crippen LogP contribution is 2.18. The van der Waals surface area contributed by atoms with Crippen LogP contribution in [-0.4, -0.2) is 19.3 Å². The molecule has 2 nitrogen and oxygen atoms in total. The Balaban J connectivity index is 1.92. The molecule has 15 heavy (non-hydrogen) atoms. The Morgan fingerprint density at radius 1 is 1.53 bits per heavy atom. The van der Waals surface area contributed by atoms with E-state index in [1.807, 2.05) is 0 Å². The lowest BCUT2D eigenvalue weighted by atomic mass is 10.1. The Labute approximate surface area is 99.1 Å². The SMILES string of the molecule is Cc1ccc(CNC2CCOC2)c(Br)c1. The highest BCUT2D eigenvalue weighted by atomic mass is 79.9. The highest BCUT2D eigenvalue weighted by Gasteiger charge is 2.14. The molecule has 0 saturated carbocycles. The number of hydrogen-bond acceptors (Lipinski definition) is 2. The molecule has 1 atom stereocenters. The first-order valence-corrected chi connectivity index (χ1v) is 6.11. The second-order valence-corrected chi connectivity index (χ2v) is 4.89. The van der Waals surface area contributed by atoms with Crippen molar-refractivity contribution in [3.63, 3.8) is 0 Å². The van der Waals surface area contributed by atoms with Crippen LogP contribution < -0.4 is 5.32 Å². The number of halogens is 1. The summed E-state index contributed by atoms with van der Waals surface area (Å²) in [6, 6.07) is 7.00. The lowest BCUT2D eigenvalue weighted by Crippen LogP contribution is -2.28. The third-order valence-corrected chi connectivity index (χ3v) is 3.46. The maximum absolute atomic E-state index is 5.32. The second kappa shape index (κ2) is 5.10. The minimum Gasteiger partial charge on any atom is -0.380 e. The number of hydrogen-bond donors (Lipinski definition) is 1. The second-order valence-electron chi connectivity index (χ2n) is 4.04. The van der Waals surface area contributed by atoms with Crippen LogP contribution >= 0.6 is 15.9 Å². The molecule has 0 aromatic heterocycles. The molecule has 1 aromatic rings. The van der Waals surface area contributed by atoms with E-state index in [9.17, 15) is 0 Å². The van der Waals surface area contributed by atoms with Crippen LogP contribution in [0.4, 0.5) is 0 Å². The summed E-state index contributed by atoms with van der Waals surface area (Å²) in [5, 5.41) is 3.50. The number of aryl methyl sites for hydroxylation is 1. The molecule has 1 aliphatic heterocycles. The summed E-state index contributed by atoms with van der Waals surface area (Å²) in [7, 11) is 0. The van der Waals surface area contributed by atoms with Gasteiger partial charge in [0.1, 0.15) is 0 Å². The number of ether oxygens (including phenoxy) is 1. The zero-order chi connectivity index (χ0) is 10.7. The molecule has 1 N–H and O–H groups in total. The Morgan fingerprint density at radius 2 is 2.40 bits per heavy atom. The smallest absolute Gasteiger partial charge is 0.0620 e. The summed E-state index contributed by atoms with van der Waals surface area (Å²) in [5.74, 6) is 0. The molecule has 0 amide bonds. The standard InChI is InChI=1S/C12H16BrNO/c1-9-2-3-10(12(13)6-9)7-14-11-4-5-15-8-11/h2-3,6,11,14H,4-5,7-8H2,1H3. The maximum atomic E-state index is 5.32. The predicted molar refractivity (Wildman–Crippen MR) is 64.9 cm³/mol. The van der Waals surface area contributed by atoms with Crippen molar-refractivity contribution in [2.45, 2.75) is 25.9 Å². The molecule has 0 spiro atoms. The fraction of sp³-hybridized carbons (Fsp3) is 0.500. The highest BCUT2D eigenvalue weighted by molar-refractivity contribution is 9.10. The molecule has 82 valence electrons. The average molecular weight is 270 g/mol. The lowest BCUT2D eigenvalue weighted by molar-refractivity contribution is 0.190. The molecule has 1 heterocycles. The van der Waals surface area contributed by atoms with Crippen molar-refractivity contribution in [2.75, 3.05) is 13.2 Å². The largest absolute Gasteiger partial charge is 0.380 e. The van der Waals surface area contributed by atoms with Crippen molar-refractivity contribution in [1.29, 1.82) is 0 Å². The van der Waals surface area contributed by atoms with E-state index in [-0.39, 0.29) is 0 Å². The van der Waals surface area contributed by atoms with E-state index < -0.39 is 0 Å². The molecule has 1 saturated heterocycles. The summed E-state index contributed by atoms with van der Waals surface area (Å²) in [6.45, 7) is 4.76. The quantitative estimate of drug-likeness (QED) is 0.911. The zero-order valence-corrected chi connectivity index (χ0v) is 10.5. The molecule has 0 aliphatic carbocycles. The van der Waals surface area contributed by atoms with E-state index in [1.54, 1.807) is 0 Å². The Hall–Kier alpha value is -0.380. The molecular weight excluding hydrogens is 254 g/mol. The van der Waals surface area contributed by atoms with Crippen molar-refractivity contribution in [1.82, 2.24) is 5.32 Å². The van der Waals surface area contributed by atoms with Crippen LogP contribution in [0.1, 0.15) is 17.5 Å². The van der Waals surface area contributed by atoms with Gasteiger partial charge in [-0.1, -0.05) is 28.1 Å². The maximum Gasteiger partial charge on any atom is 0.0620 e. The van der Waals surface area contributed by atoms with Crippen LogP contribution in [0.25, 0.3) is 0 Å². The number of benzene rings is 1. The van der Waals surface area contributed by atoms with Gasteiger partial charge in [0.15, 0.2) is 0 Å². The van der Waals surface area contributed by atoms with Crippen LogP contribution in [0.3, 0.4) is 0 Å². The Kier molecular flexibility index (Phi) is 3.78.